The van der Waals surface area contributed by atoms with Gasteiger partial charge >= 0.3 is 0 Å². The lowest BCUT2D eigenvalue weighted by Gasteiger charge is -2.46. The van der Waals surface area contributed by atoms with Crippen LogP contribution in [0.2, 0.25) is 16.6 Å². The van der Waals surface area contributed by atoms with Gasteiger partial charge in [0.05, 0.1) is 19.3 Å². The zero-order valence-electron chi connectivity index (χ0n) is 22.3. The molecule has 0 fully saturated rings. The Balaban J connectivity index is 3.14. The highest BCUT2D eigenvalue weighted by Gasteiger charge is 2.48. The van der Waals surface area contributed by atoms with E-state index in [2.05, 4.69) is 79.7 Å². The van der Waals surface area contributed by atoms with Crippen molar-refractivity contribution in [2.24, 2.45) is 0 Å². The van der Waals surface area contributed by atoms with E-state index in [1.807, 2.05) is 6.07 Å². The number of hydrogen-bond donors (Lipinski definition) is 0. The van der Waals surface area contributed by atoms with Crippen LogP contribution >= 0.6 is 0 Å². The molecule has 0 bridgehead atoms. The van der Waals surface area contributed by atoms with Crippen molar-refractivity contribution >= 4 is 8.32 Å². The third-order valence-electron chi connectivity index (χ3n) is 6.87. The third-order valence-corrected chi connectivity index (χ3v) is 12.9. The maximum Gasteiger partial charge on any atom is 0.200 e. The molecular formula is C27H50O4Si. The van der Waals surface area contributed by atoms with E-state index in [0.717, 1.165) is 12.8 Å². The van der Waals surface area contributed by atoms with E-state index < -0.39 is 13.9 Å². The van der Waals surface area contributed by atoms with Crippen LogP contribution < -0.4 is 0 Å². The van der Waals surface area contributed by atoms with Gasteiger partial charge in [-0.05, 0) is 35.5 Å². The topological polar surface area (TPSA) is 36.9 Å². The molecule has 186 valence electrons. The normalized spacial score (nSPS) is 15.5. The van der Waals surface area contributed by atoms with Gasteiger partial charge < -0.3 is 18.6 Å². The van der Waals surface area contributed by atoms with Gasteiger partial charge in [0.1, 0.15) is 12.4 Å². The Hall–Kier alpha value is -0.723. The Kier molecular flexibility index (Phi) is 13.3. The molecular weight excluding hydrogens is 416 g/mol. The summed E-state index contributed by atoms with van der Waals surface area (Å²) in [6.45, 7) is 19.7. The van der Waals surface area contributed by atoms with Crippen LogP contribution in [0.1, 0.15) is 86.6 Å². The van der Waals surface area contributed by atoms with Crippen molar-refractivity contribution in [1.29, 1.82) is 0 Å². The standard InChI is InChI=1S/C27H50O4Si/c1-10-11-13-18-26(29-19-25-16-14-12-15-17-25)27(8,30-21-28-9)20-31-32(22(2)3,23(4)5)24(6)7/h12,14-17,22-24,26H,10-11,13,18-21H2,1-9H3/t26-,27-/m1/s1. The molecule has 0 aromatic heterocycles. The predicted molar refractivity (Wildman–Crippen MR) is 138 cm³/mol. The molecule has 0 aliphatic carbocycles. The molecule has 0 amide bonds. The van der Waals surface area contributed by atoms with Crippen LogP contribution in [0.5, 0.6) is 0 Å². The molecule has 0 radical (unpaired) electrons. The molecule has 0 N–H and O–H groups in total. The minimum atomic E-state index is -2.02. The summed E-state index contributed by atoms with van der Waals surface area (Å²) in [6.07, 6.45) is 4.37. The van der Waals surface area contributed by atoms with Crippen molar-refractivity contribution in [3.8, 4) is 0 Å². The minimum absolute atomic E-state index is 0.0670. The lowest BCUT2D eigenvalue weighted by molar-refractivity contribution is -0.200. The highest BCUT2D eigenvalue weighted by molar-refractivity contribution is 6.77. The maximum atomic E-state index is 6.99. The zero-order valence-corrected chi connectivity index (χ0v) is 23.3. The number of methoxy groups -OCH3 is 1. The molecule has 0 aliphatic heterocycles. The first-order valence-electron chi connectivity index (χ1n) is 12.6. The summed E-state index contributed by atoms with van der Waals surface area (Å²) in [5.74, 6) is 0. The van der Waals surface area contributed by atoms with E-state index in [1.165, 1.54) is 18.4 Å². The number of unbranched alkanes of at least 4 members (excludes halogenated alkanes) is 2. The van der Waals surface area contributed by atoms with Crippen molar-refractivity contribution in [3.05, 3.63) is 35.9 Å². The lowest BCUT2D eigenvalue weighted by Crippen LogP contribution is -2.55. The Morgan fingerprint density at radius 1 is 0.906 bits per heavy atom. The van der Waals surface area contributed by atoms with E-state index in [0.29, 0.717) is 29.8 Å². The summed E-state index contributed by atoms with van der Waals surface area (Å²) in [5, 5.41) is 0. The monoisotopic (exact) mass is 466 g/mol. The van der Waals surface area contributed by atoms with Gasteiger partial charge in [0.25, 0.3) is 0 Å². The molecule has 0 saturated heterocycles. The highest BCUT2D eigenvalue weighted by Crippen LogP contribution is 2.43. The van der Waals surface area contributed by atoms with Gasteiger partial charge in [0.2, 0.25) is 0 Å². The lowest BCUT2D eigenvalue weighted by atomic mass is 9.94. The number of rotatable bonds is 17. The van der Waals surface area contributed by atoms with Crippen LogP contribution in [0.25, 0.3) is 0 Å². The summed E-state index contributed by atoms with van der Waals surface area (Å²) in [7, 11) is -0.350. The quantitative estimate of drug-likeness (QED) is 0.134. The van der Waals surface area contributed by atoms with Gasteiger partial charge in [-0.2, -0.15) is 0 Å². The first-order chi connectivity index (χ1) is 15.1. The van der Waals surface area contributed by atoms with Crippen molar-refractivity contribution in [2.75, 3.05) is 20.5 Å². The molecule has 1 rings (SSSR count). The summed E-state index contributed by atoms with van der Waals surface area (Å²) in [6, 6.07) is 10.4. The SMILES string of the molecule is CCCCC[C@@H](OCc1ccccc1)[C@@](C)(CO[Si](C(C)C)(C(C)C)C(C)C)OCOC. The Morgan fingerprint density at radius 2 is 1.50 bits per heavy atom. The van der Waals surface area contributed by atoms with Crippen LogP contribution in [0.4, 0.5) is 0 Å². The summed E-state index contributed by atoms with van der Waals surface area (Å²) < 4.78 is 25.2. The van der Waals surface area contributed by atoms with Gasteiger partial charge in [-0.25, -0.2) is 0 Å². The van der Waals surface area contributed by atoms with E-state index in [-0.39, 0.29) is 12.9 Å². The smallest absolute Gasteiger partial charge is 0.200 e. The second kappa shape index (κ2) is 14.5. The number of ether oxygens (including phenoxy) is 3. The van der Waals surface area contributed by atoms with Gasteiger partial charge in [-0.3, -0.25) is 0 Å². The third kappa shape index (κ3) is 8.25. The van der Waals surface area contributed by atoms with Gasteiger partial charge in [0.15, 0.2) is 8.32 Å². The van der Waals surface area contributed by atoms with Crippen molar-refractivity contribution in [2.45, 2.75) is 116 Å². The highest BCUT2D eigenvalue weighted by atomic mass is 28.4. The molecule has 4 nitrogen and oxygen atoms in total. The first kappa shape index (κ1) is 29.3. The Labute approximate surface area is 199 Å². The molecule has 2 atom stereocenters. The fraction of sp³-hybridized carbons (Fsp3) is 0.778. The molecule has 5 heteroatoms. The van der Waals surface area contributed by atoms with Gasteiger partial charge in [0, 0.05) is 7.11 Å². The van der Waals surface area contributed by atoms with E-state index >= 15 is 0 Å². The molecule has 1 aromatic rings. The average Bonchev–Trinajstić information content (AvgIpc) is 2.75. The van der Waals surface area contributed by atoms with Crippen LogP contribution in [0.3, 0.4) is 0 Å². The second-order valence-corrected chi connectivity index (χ2v) is 15.7. The largest absolute Gasteiger partial charge is 0.413 e. The first-order valence-corrected chi connectivity index (χ1v) is 14.7. The van der Waals surface area contributed by atoms with Crippen molar-refractivity contribution in [1.82, 2.24) is 0 Å². The fourth-order valence-corrected chi connectivity index (χ4v) is 10.6. The Bertz CT molecular complexity index is 583. The zero-order chi connectivity index (χ0) is 24.2. The molecule has 32 heavy (non-hydrogen) atoms. The van der Waals surface area contributed by atoms with Crippen LogP contribution in [0.15, 0.2) is 30.3 Å². The van der Waals surface area contributed by atoms with E-state index in [9.17, 15) is 0 Å². The van der Waals surface area contributed by atoms with Crippen LogP contribution in [0, 0.1) is 0 Å². The molecule has 0 spiro atoms. The average molecular weight is 467 g/mol. The van der Waals surface area contributed by atoms with Crippen molar-refractivity contribution in [3.63, 3.8) is 0 Å². The molecule has 0 unspecified atom stereocenters. The molecule has 0 heterocycles. The second-order valence-electron chi connectivity index (χ2n) is 10.3. The maximum absolute atomic E-state index is 6.99. The summed E-state index contributed by atoms with van der Waals surface area (Å²) in [5.41, 5.74) is 2.18. The molecule has 1 aromatic carbocycles. The number of benzene rings is 1. The van der Waals surface area contributed by atoms with Crippen LogP contribution in [-0.4, -0.2) is 40.5 Å². The summed E-state index contributed by atoms with van der Waals surface area (Å²) in [4.78, 5) is 0. The molecule has 0 aliphatic rings. The molecule has 0 saturated carbocycles. The minimum Gasteiger partial charge on any atom is -0.413 e. The predicted octanol–water partition coefficient (Wildman–Crippen LogP) is 7.72. The Morgan fingerprint density at radius 3 is 2.00 bits per heavy atom. The number of hydrogen-bond acceptors (Lipinski definition) is 4. The van der Waals surface area contributed by atoms with Gasteiger partial charge in [-0.1, -0.05) is 98.1 Å². The van der Waals surface area contributed by atoms with Crippen molar-refractivity contribution < 1.29 is 18.6 Å². The van der Waals surface area contributed by atoms with Crippen LogP contribution in [-0.2, 0) is 25.2 Å². The van der Waals surface area contributed by atoms with E-state index in [1.54, 1.807) is 7.11 Å². The van der Waals surface area contributed by atoms with E-state index in [4.69, 9.17) is 18.6 Å². The summed E-state index contributed by atoms with van der Waals surface area (Å²) >= 11 is 0. The van der Waals surface area contributed by atoms with Gasteiger partial charge in [-0.15, -0.1) is 0 Å². The fourth-order valence-electron chi connectivity index (χ4n) is 5.11.